The second kappa shape index (κ2) is 3.39. The van der Waals surface area contributed by atoms with Gasteiger partial charge in [0.2, 0.25) is 0 Å². The van der Waals surface area contributed by atoms with E-state index in [1.54, 1.807) is 0 Å². The van der Waals surface area contributed by atoms with Gasteiger partial charge in [0.1, 0.15) is 11.5 Å². The van der Waals surface area contributed by atoms with Gasteiger partial charge in [0.25, 0.3) is 0 Å². The number of aryl methyl sites for hydroxylation is 2. The molecule has 56 valence electrons. The van der Waals surface area contributed by atoms with Crippen LogP contribution in [0.25, 0.3) is 0 Å². The monoisotopic (exact) mass is 174 g/mol. The molecule has 0 unspecified atom stereocenters. The molecule has 0 aromatic carbocycles. The summed E-state index contributed by atoms with van der Waals surface area (Å²) < 4.78 is 5.32. The molecule has 0 aliphatic rings. The molecule has 3 heteroatoms. The van der Waals surface area contributed by atoms with Crippen molar-refractivity contribution in [1.29, 1.82) is 0 Å². The molecule has 0 bridgehead atoms. The Kier molecular flexibility index (Phi) is 2.74. The highest BCUT2D eigenvalue weighted by molar-refractivity contribution is 8.68. The SMILES string of the molecule is Cc1cc(CSS)c(C)o1. The lowest BCUT2D eigenvalue weighted by Crippen LogP contribution is -1.74. The van der Waals surface area contributed by atoms with Crippen LogP contribution in [0, 0.1) is 13.8 Å². The summed E-state index contributed by atoms with van der Waals surface area (Å²) in [6.45, 7) is 3.94. The second-order valence-corrected chi connectivity index (χ2v) is 3.53. The van der Waals surface area contributed by atoms with E-state index in [1.165, 1.54) is 16.4 Å². The van der Waals surface area contributed by atoms with Crippen LogP contribution in [0.15, 0.2) is 10.5 Å². The molecular weight excluding hydrogens is 164 g/mol. The zero-order chi connectivity index (χ0) is 7.56. The van der Waals surface area contributed by atoms with E-state index in [0.717, 1.165) is 17.3 Å². The Morgan fingerprint density at radius 3 is 2.70 bits per heavy atom. The third kappa shape index (κ3) is 1.73. The number of hydrogen-bond acceptors (Lipinski definition) is 3. The first-order chi connectivity index (χ1) is 4.74. The molecule has 0 aliphatic carbocycles. The average molecular weight is 174 g/mol. The summed E-state index contributed by atoms with van der Waals surface area (Å²) in [5.41, 5.74) is 1.25. The zero-order valence-corrected chi connectivity index (χ0v) is 7.76. The molecule has 1 rings (SSSR count). The predicted octanol–water partition coefficient (Wildman–Crippen LogP) is 2.97. The van der Waals surface area contributed by atoms with E-state index >= 15 is 0 Å². The summed E-state index contributed by atoms with van der Waals surface area (Å²) in [5, 5.41) is 0. The summed E-state index contributed by atoms with van der Waals surface area (Å²) in [4.78, 5) is 0. The maximum atomic E-state index is 5.32. The van der Waals surface area contributed by atoms with Crippen molar-refractivity contribution in [3.05, 3.63) is 23.2 Å². The van der Waals surface area contributed by atoms with Crippen LogP contribution in [0.1, 0.15) is 17.1 Å². The van der Waals surface area contributed by atoms with E-state index in [-0.39, 0.29) is 0 Å². The first-order valence-electron chi connectivity index (χ1n) is 3.06. The van der Waals surface area contributed by atoms with Crippen LogP contribution in [0.2, 0.25) is 0 Å². The van der Waals surface area contributed by atoms with Crippen molar-refractivity contribution in [3.63, 3.8) is 0 Å². The summed E-state index contributed by atoms with van der Waals surface area (Å²) in [6.07, 6.45) is 0. The van der Waals surface area contributed by atoms with E-state index in [1.807, 2.05) is 13.8 Å². The molecular formula is C7H10OS2. The van der Waals surface area contributed by atoms with E-state index in [9.17, 15) is 0 Å². The fourth-order valence-corrected chi connectivity index (χ4v) is 1.74. The van der Waals surface area contributed by atoms with Crippen LogP contribution in [-0.4, -0.2) is 0 Å². The lowest BCUT2D eigenvalue weighted by atomic mass is 10.3. The number of furan rings is 1. The van der Waals surface area contributed by atoms with E-state index in [2.05, 4.69) is 17.7 Å². The van der Waals surface area contributed by atoms with Gasteiger partial charge in [-0.15, -0.1) is 11.7 Å². The Balaban J connectivity index is 2.81. The maximum Gasteiger partial charge on any atom is 0.105 e. The molecule has 0 saturated heterocycles. The van der Waals surface area contributed by atoms with E-state index < -0.39 is 0 Å². The molecule has 0 N–H and O–H groups in total. The average Bonchev–Trinajstić information content (AvgIpc) is 2.13. The van der Waals surface area contributed by atoms with Crippen molar-refractivity contribution < 1.29 is 4.42 Å². The molecule has 0 radical (unpaired) electrons. The fourth-order valence-electron chi connectivity index (χ4n) is 0.896. The number of thiol groups is 1. The minimum Gasteiger partial charge on any atom is -0.466 e. The second-order valence-electron chi connectivity index (χ2n) is 2.21. The highest BCUT2D eigenvalue weighted by Crippen LogP contribution is 2.21. The van der Waals surface area contributed by atoms with Crippen molar-refractivity contribution in [2.24, 2.45) is 0 Å². The van der Waals surface area contributed by atoms with Gasteiger partial charge in [0.05, 0.1) is 0 Å². The maximum absolute atomic E-state index is 5.32. The van der Waals surface area contributed by atoms with Crippen LogP contribution < -0.4 is 0 Å². The molecule has 0 amide bonds. The van der Waals surface area contributed by atoms with Crippen molar-refractivity contribution >= 4 is 22.5 Å². The third-order valence-electron chi connectivity index (χ3n) is 1.36. The summed E-state index contributed by atoms with van der Waals surface area (Å²) in [6, 6.07) is 2.05. The van der Waals surface area contributed by atoms with E-state index in [4.69, 9.17) is 4.42 Å². The normalized spacial score (nSPS) is 10.3. The van der Waals surface area contributed by atoms with Crippen LogP contribution in [-0.2, 0) is 5.75 Å². The van der Waals surface area contributed by atoms with Crippen molar-refractivity contribution in [2.75, 3.05) is 0 Å². The molecule has 0 atom stereocenters. The molecule has 0 saturated carbocycles. The van der Waals surface area contributed by atoms with Gasteiger partial charge in [-0.1, -0.05) is 10.8 Å². The Hall–Kier alpha value is -0.0200. The van der Waals surface area contributed by atoms with Gasteiger partial charge in [-0.3, -0.25) is 0 Å². The van der Waals surface area contributed by atoms with Gasteiger partial charge in [0.15, 0.2) is 0 Å². The highest BCUT2D eigenvalue weighted by atomic mass is 33.1. The van der Waals surface area contributed by atoms with E-state index in [0.29, 0.717) is 0 Å². The molecule has 0 aliphatic heterocycles. The van der Waals surface area contributed by atoms with Gasteiger partial charge >= 0.3 is 0 Å². The zero-order valence-electron chi connectivity index (χ0n) is 6.05. The smallest absolute Gasteiger partial charge is 0.105 e. The lowest BCUT2D eigenvalue weighted by Gasteiger charge is -1.90. The van der Waals surface area contributed by atoms with Crippen molar-refractivity contribution in [2.45, 2.75) is 19.6 Å². The van der Waals surface area contributed by atoms with Gasteiger partial charge in [-0.05, 0) is 19.9 Å². The molecule has 1 nitrogen and oxygen atoms in total. The summed E-state index contributed by atoms with van der Waals surface area (Å²) in [7, 11) is 1.52. The van der Waals surface area contributed by atoms with Gasteiger partial charge in [0, 0.05) is 11.3 Å². The van der Waals surface area contributed by atoms with Crippen LogP contribution in [0.5, 0.6) is 0 Å². The van der Waals surface area contributed by atoms with Crippen molar-refractivity contribution in [3.8, 4) is 0 Å². The van der Waals surface area contributed by atoms with Crippen molar-refractivity contribution in [1.82, 2.24) is 0 Å². The molecule has 1 aromatic heterocycles. The Morgan fingerprint density at radius 1 is 1.60 bits per heavy atom. The predicted molar refractivity (Wildman–Crippen MR) is 48.5 cm³/mol. The Morgan fingerprint density at radius 2 is 2.30 bits per heavy atom. The van der Waals surface area contributed by atoms with Crippen LogP contribution in [0.3, 0.4) is 0 Å². The molecule has 1 aromatic rings. The molecule has 0 spiro atoms. The third-order valence-corrected chi connectivity index (χ3v) is 2.19. The number of rotatable bonds is 2. The quantitative estimate of drug-likeness (QED) is 0.547. The highest BCUT2D eigenvalue weighted by Gasteiger charge is 2.02. The topological polar surface area (TPSA) is 13.1 Å². The van der Waals surface area contributed by atoms with Crippen LogP contribution in [0.4, 0.5) is 0 Å². The van der Waals surface area contributed by atoms with Gasteiger partial charge < -0.3 is 4.42 Å². The standard InChI is InChI=1S/C7H10OS2/c1-5-3-7(4-10-9)6(2)8-5/h3,9H,4H2,1-2H3. The first-order valence-corrected chi connectivity index (χ1v) is 5.10. The fraction of sp³-hybridized carbons (Fsp3) is 0.429. The minimum absolute atomic E-state index is 0.923. The van der Waals surface area contributed by atoms with Gasteiger partial charge in [-0.25, -0.2) is 0 Å². The molecule has 10 heavy (non-hydrogen) atoms. The minimum atomic E-state index is 0.923. The Bertz CT molecular complexity index is 217. The van der Waals surface area contributed by atoms with Gasteiger partial charge in [-0.2, -0.15) is 0 Å². The molecule has 1 heterocycles. The first kappa shape index (κ1) is 8.08. The largest absolute Gasteiger partial charge is 0.466 e. The number of hydrogen-bond donors (Lipinski definition) is 1. The Labute approximate surface area is 70.0 Å². The molecule has 0 fully saturated rings. The van der Waals surface area contributed by atoms with Crippen LogP contribution >= 0.6 is 22.5 Å². The summed E-state index contributed by atoms with van der Waals surface area (Å²) in [5.74, 6) is 2.92. The lowest BCUT2D eigenvalue weighted by molar-refractivity contribution is 0.502. The summed E-state index contributed by atoms with van der Waals surface area (Å²) >= 11 is 4.06.